The molecular weight excluding hydrogens is 438 g/mol. The molecule has 2 aromatic heterocycles. The molecule has 0 saturated carbocycles. The molecule has 0 unspecified atom stereocenters. The van der Waals surface area contributed by atoms with Gasteiger partial charge in [-0.2, -0.15) is 4.98 Å². The van der Waals surface area contributed by atoms with Crippen molar-refractivity contribution < 1.29 is 22.5 Å². The van der Waals surface area contributed by atoms with E-state index in [9.17, 15) is 13.2 Å². The fourth-order valence-electron chi connectivity index (χ4n) is 3.37. The van der Waals surface area contributed by atoms with Gasteiger partial charge in [-0.3, -0.25) is 4.79 Å². The van der Waals surface area contributed by atoms with Gasteiger partial charge in [0, 0.05) is 4.88 Å². The van der Waals surface area contributed by atoms with E-state index < -0.39 is 15.1 Å². The van der Waals surface area contributed by atoms with Crippen LogP contribution in [0.4, 0.5) is 5.00 Å². The van der Waals surface area contributed by atoms with Gasteiger partial charge in [0.15, 0.2) is 15.7 Å². The van der Waals surface area contributed by atoms with Crippen LogP contribution in [0.15, 0.2) is 33.7 Å². The number of ether oxygens (including phenoxy) is 1. The third-order valence-corrected chi connectivity index (χ3v) is 8.34. The van der Waals surface area contributed by atoms with Crippen molar-refractivity contribution in [2.75, 3.05) is 11.9 Å². The van der Waals surface area contributed by atoms with Gasteiger partial charge in [0.1, 0.15) is 5.00 Å². The summed E-state index contributed by atoms with van der Waals surface area (Å²) in [6.07, 6.45) is 0.827. The zero-order valence-corrected chi connectivity index (χ0v) is 19.1. The Kier molecular flexibility index (Phi) is 5.96. The molecule has 1 aliphatic rings. The number of thiophene rings is 1. The number of rotatable bonds is 6. The number of aryl methyl sites for hydroxylation is 1. The van der Waals surface area contributed by atoms with Crippen LogP contribution in [0.3, 0.4) is 0 Å². The summed E-state index contributed by atoms with van der Waals surface area (Å²) in [5.74, 6) is 0.697. The molecule has 8 nitrogen and oxygen atoms in total. The number of hydrogen-bond donors (Lipinski definition) is 1. The van der Waals surface area contributed by atoms with Crippen LogP contribution in [0.1, 0.15) is 35.7 Å². The van der Waals surface area contributed by atoms with Crippen molar-refractivity contribution in [1.82, 2.24) is 10.1 Å². The summed E-state index contributed by atoms with van der Waals surface area (Å²) in [4.78, 5) is 18.4. The number of sulfone groups is 1. The quantitative estimate of drug-likeness (QED) is 0.597. The summed E-state index contributed by atoms with van der Waals surface area (Å²) < 4.78 is 35.5. The first-order chi connectivity index (χ1) is 14.8. The lowest BCUT2D eigenvalue weighted by atomic mass is 10.1. The first-order valence-corrected chi connectivity index (χ1v) is 12.3. The number of amides is 1. The molecule has 0 bridgehead atoms. The minimum atomic E-state index is -3.34. The van der Waals surface area contributed by atoms with Crippen LogP contribution in [0.5, 0.6) is 0 Å². The molecule has 0 fully saturated rings. The van der Waals surface area contributed by atoms with Crippen molar-refractivity contribution in [2.24, 2.45) is 0 Å². The Balaban J connectivity index is 1.55. The Bertz CT molecular complexity index is 1210. The number of hydrogen-bond acceptors (Lipinski definition) is 8. The lowest BCUT2D eigenvalue weighted by molar-refractivity contribution is -0.115. The highest BCUT2D eigenvalue weighted by Crippen LogP contribution is 2.42. The summed E-state index contributed by atoms with van der Waals surface area (Å²) in [6.45, 7) is 6.12. The van der Waals surface area contributed by atoms with Gasteiger partial charge >= 0.3 is 0 Å². The van der Waals surface area contributed by atoms with Crippen LogP contribution in [0, 0.1) is 6.92 Å². The Morgan fingerprint density at radius 3 is 2.65 bits per heavy atom. The fourth-order valence-corrected chi connectivity index (χ4v) is 5.62. The zero-order valence-electron chi connectivity index (χ0n) is 17.5. The molecule has 0 radical (unpaired) electrons. The molecule has 0 atom stereocenters. The van der Waals surface area contributed by atoms with Gasteiger partial charge < -0.3 is 14.6 Å². The number of nitrogens with zero attached hydrogens (tertiary/aromatic N) is 2. The first-order valence-electron chi connectivity index (χ1n) is 9.91. The molecule has 1 aromatic carbocycles. The summed E-state index contributed by atoms with van der Waals surface area (Å²) >= 11 is 1.45. The third kappa shape index (κ3) is 4.41. The normalized spacial score (nSPS) is 13.9. The molecular formula is C21H23N3O5S2. The maximum absolute atomic E-state index is 12.8. The maximum Gasteiger partial charge on any atom is 0.261 e. The standard InChI is InChI=1S/C21H23N3O5S2/c1-12(2)31(26,27)15-6-4-14(5-7-15)10-18(25)23-21-19(20-22-13(3)24-29-20)16-8-9-28-11-17(16)30-21/h4-7,12H,8-11H2,1-3H3,(H,23,25). The van der Waals surface area contributed by atoms with Gasteiger partial charge in [-0.1, -0.05) is 17.3 Å². The number of aromatic nitrogens is 2. The molecule has 1 amide bonds. The van der Waals surface area contributed by atoms with Crippen LogP contribution < -0.4 is 5.32 Å². The lowest BCUT2D eigenvalue weighted by Crippen LogP contribution is -2.15. The molecule has 3 heterocycles. The minimum Gasteiger partial charge on any atom is -0.376 e. The minimum absolute atomic E-state index is 0.114. The highest BCUT2D eigenvalue weighted by Gasteiger charge is 2.27. The van der Waals surface area contributed by atoms with Gasteiger partial charge in [0.25, 0.3) is 5.89 Å². The van der Waals surface area contributed by atoms with Crippen molar-refractivity contribution >= 4 is 32.1 Å². The second kappa shape index (κ2) is 8.52. The maximum atomic E-state index is 12.8. The molecule has 31 heavy (non-hydrogen) atoms. The summed E-state index contributed by atoms with van der Waals surface area (Å²) in [5.41, 5.74) is 2.55. The van der Waals surface area contributed by atoms with E-state index in [4.69, 9.17) is 9.26 Å². The largest absolute Gasteiger partial charge is 0.376 e. The van der Waals surface area contributed by atoms with Gasteiger partial charge in [-0.25, -0.2) is 8.42 Å². The van der Waals surface area contributed by atoms with E-state index in [0.717, 1.165) is 21.6 Å². The molecule has 3 aromatic rings. The molecule has 1 aliphatic heterocycles. The van der Waals surface area contributed by atoms with Crippen LogP contribution in [0.25, 0.3) is 11.5 Å². The van der Waals surface area contributed by atoms with E-state index in [1.807, 2.05) is 0 Å². The van der Waals surface area contributed by atoms with E-state index in [0.29, 0.717) is 36.4 Å². The van der Waals surface area contributed by atoms with Gasteiger partial charge in [-0.05, 0) is 50.5 Å². The van der Waals surface area contributed by atoms with Gasteiger partial charge in [0.05, 0.1) is 35.3 Å². The number of nitrogens with one attached hydrogen (secondary N) is 1. The van der Waals surface area contributed by atoms with Gasteiger partial charge in [-0.15, -0.1) is 11.3 Å². The molecule has 0 aliphatic carbocycles. The number of anilines is 1. The van der Waals surface area contributed by atoms with Crippen molar-refractivity contribution in [3.05, 3.63) is 46.1 Å². The van der Waals surface area contributed by atoms with Crippen LogP contribution in [0.2, 0.25) is 0 Å². The number of benzene rings is 1. The molecule has 0 spiro atoms. The predicted molar refractivity (Wildman–Crippen MR) is 117 cm³/mol. The Hall–Kier alpha value is -2.56. The fraction of sp³-hybridized carbons (Fsp3) is 0.381. The predicted octanol–water partition coefficient (Wildman–Crippen LogP) is 3.54. The molecule has 1 N–H and O–H groups in total. The average molecular weight is 462 g/mol. The van der Waals surface area contributed by atoms with Crippen molar-refractivity contribution in [2.45, 2.75) is 50.4 Å². The summed E-state index contributed by atoms with van der Waals surface area (Å²) in [5, 5.41) is 7.00. The first kappa shape index (κ1) is 21.7. The van der Waals surface area contributed by atoms with E-state index in [1.54, 1.807) is 45.0 Å². The monoisotopic (exact) mass is 461 g/mol. The van der Waals surface area contributed by atoms with Crippen molar-refractivity contribution in [3.63, 3.8) is 0 Å². The van der Waals surface area contributed by atoms with Crippen LogP contribution >= 0.6 is 11.3 Å². The Morgan fingerprint density at radius 2 is 2.00 bits per heavy atom. The SMILES string of the molecule is Cc1noc(-c2c(NC(=O)Cc3ccc(S(=O)(=O)C(C)C)cc3)sc3c2CCOC3)n1. The van der Waals surface area contributed by atoms with E-state index >= 15 is 0 Å². The average Bonchev–Trinajstić information content (AvgIpc) is 3.30. The third-order valence-electron chi connectivity index (χ3n) is 5.05. The summed E-state index contributed by atoms with van der Waals surface area (Å²) in [6, 6.07) is 6.44. The van der Waals surface area contributed by atoms with E-state index in [1.165, 1.54) is 11.3 Å². The smallest absolute Gasteiger partial charge is 0.261 e. The second-order valence-corrected chi connectivity index (χ2v) is 11.2. The summed E-state index contributed by atoms with van der Waals surface area (Å²) in [7, 11) is -3.34. The highest BCUT2D eigenvalue weighted by molar-refractivity contribution is 7.92. The second-order valence-electron chi connectivity index (χ2n) is 7.62. The zero-order chi connectivity index (χ0) is 22.2. The van der Waals surface area contributed by atoms with E-state index in [2.05, 4.69) is 15.5 Å². The Labute approximate surface area is 184 Å². The molecule has 4 rings (SSSR count). The highest BCUT2D eigenvalue weighted by atomic mass is 32.2. The topological polar surface area (TPSA) is 111 Å². The van der Waals surface area contributed by atoms with Crippen molar-refractivity contribution in [1.29, 1.82) is 0 Å². The molecule has 10 heteroatoms. The van der Waals surface area contributed by atoms with E-state index in [-0.39, 0.29) is 17.2 Å². The molecule has 164 valence electrons. The Morgan fingerprint density at radius 1 is 1.26 bits per heavy atom. The van der Waals surface area contributed by atoms with Crippen molar-refractivity contribution in [3.8, 4) is 11.5 Å². The number of fused-ring (bicyclic) bond motifs is 1. The van der Waals surface area contributed by atoms with Gasteiger partial charge in [0.2, 0.25) is 5.91 Å². The number of carbonyl (C=O) groups excluding carboxylic acids is 1. The molecule has 0 saturated heterocycles. The lowest BCUT2D eigenvalue weighted by Gasteiger charge is -2.12. The van der Waals surface area contributed by atoms with Crippen LogP contribution in [-0.4, -0.2) is 36.3 Å². The number of carbonyl (C=O) groups is 1. The van der Waals surface area contributed by atoms with Crippen LogP contribution in [-0.2, 0) is 38.8 Å².